The zero-order valence-corrected chi connectivity index (χ0v) is 15.3. The van der Waals surface area contributed by atoms with E-state index in [0.29, 0.717) is 5.88 Å². The van der Waals surface area contributed by atoms with Crippen molar-refractivity contribution in [3.05, 3.63) is 28.5 Å². The maximum Gasteiger partial charge on any atom is 0.124 e. The molecule has 2 nitrogen and oxygen atoms in total. The molecule has 0 saturated carbocycles. The molecule has 0 bridgehead atoms. The molecule has 110 valence electrons. The van der Waals surface area contributed by atoms with Crippen molar-refractivity contribution in [3.8, 4) is 0 Å². The van der Waals surface area contributed by atoms with Gasteiger partial charge in [0.15, 0.2) is 0 Å². The third-order valence-corrected chi connectivity index (χ3v) is 6.38. The fourth-order valence-electron chi connectivity index (χ4n) is 2.54. The number of benzene rings is 1. The lowest BCUT2D eigenvalue weighted by atomic mass is 10.0. The van der Waals surface area contributed by atoms with Crippen molar-refractivity contribution in [2.24, 2.45) is 0 Å². The Morgan fingerprint density at radius 1 is 1.35 bits per heavy atom. The molecule has 20 heavy (non-hydrogen) atoms. The van der Waals surface area contributed by atoms with E-state index < -0.39 is 0 Å². The largest absolute Gasteiger partial charge is 0.326 e. The van der Waals surface area contributed by atoms with Crippen LogP contribution >= 0.6 is 39.3 Å². The van der Waals surface area contributed by atoms with Crippen LogP contribution in [0.1, 0.15) is 32.5 Å². The first-order valence-corrected chi connectivity index (χ1v) is 9.40. The Kier molecular flexibility index (Phi) is 5.43. The Labute approximate surface area is 138 Å². The second kappa shape index (κ2) is 6.71. The molecule has 0 radical (unpaired) electrons. The minimum Gasteiger partial charge on any atom is -0.326 e. The number of nitrogens with zero attached hydrogens (tertiary/aromatic N) is 2. The van der Waals surface area contributed by atoms with Gasteiger partial charge in [0.05, 0.1) is 16.9 Å². The Morgan fingerprint density at radius 3 is 2.60 bits per heavy atom. The lowest BCUT2D eigenvalue weighted by Gasteiger charge is -2.31. The summed E-state index contributed by atoms with van der Waals surface area (Å²) in [4.78, 5) is 4.66. The van der Waals surface area contributed by atoms with Crippen LogP contribution in [0, 0.1) is 0 Å². The number of hydrogen-bond donors (Lipinski definition) is 0. The predicted octanol–water partition coefficient (Wildman–Crippen LogP) is 5.46. The molecule has 0 atom stereocenters. The molecule has 0 aliphatic carbocycles. The molecule has 2 rings (SSSR count). The molecule has 0 unspecified atom stereocenters. The number of halogens is 2. The summed E-state index contributed by atoms with van der Waals surface area (Å²) in [6.07, 6.45) is 4.47. The van der Waals surface area contributed by atoms with Gasteiger partial charge in [-0.3, -0.25) is 0 Å². The molecule has 1 aromatic carbocycles. The zero-order valence-electron chi connectivity index (χ0n) is 12.1. The van der Waals surface area contributed by atoms with Gasteiger partial charge in [0.1, 0.15) is 5.82 Å². The highest BCUT2D eigenvalue weighted by Crippen LogP contribution is 2.34. The minimum absolute atomic E-state index is 0.247. The van der Waals surface area contributed by atoms with Crippen LogP contribution in [-0.2, 0) is 12.4 Å². The maximum absolute atomic E-state index is 6.10. The van der Waals surface area contributed by atoms with Crippen molar-refractivity contribution < 1.29 is 0 Å². The molecule has 1 aromatic heterocycles. The highest BCUT2D eigenvalue weighted by Gasteiger charge is 2.27. The smallest absolute Gasteiger partial charge is 0.124 e. The average molecular weight is 376 g/mol. The molecule has 0 aliphatic rings. The van der Waals surface area contributed by atoms with Gasteiger partial charge in [-0.25, -0.2) is 4.98 Å². The van der Waals surface area contributed by atoms with Crippen LogP contribution in [-0.4, -0.2) is 20.6 Å². The van der Waals surface area contributed by atoms with Gasteiger partial charge >= 0.3 is 0 Å². The minimum atomic E-state index is 0.247. The van der Waals surface area contributed by atoms with Gasteiger partial charge in [0.25, 0.3) is 0 Å². The van der Waals surface area contributed by atoms with Crippen LogP contribution < -0.4 is 0 Å². The normalized spacial score (nSPS) is 12.2. The average Bonchev–Trinajstić information content (AvgIpc) is 2.82. The molecule has 0 spiro atoms. The maximum atomic E-state index is 6.10. The standard InChI is InChI=1S/C15H20BrClN2S/c1-4-15(5-2,20-3)10-19-13-8-11(16)6-7-12(13)18-14(19)9-17/h6-8H,4-5,9-10H2,1-3H3. The zero-order chi connectivity index (χ0) is 14.8. The number of imidazole rings is 1. The molecule has 2 aromatic rings. The van der Waals surface area contributed by atoms with Gasteiger partial charge in [-0.1, -0.05) is 29.8 Å². The van der Waals surface area contributed by atoms with Crippen LogP contribution in [0.25, 0.3) is 11.0 Å². The van der Waals surface area contributed by atoms with E-state index in [4.69, 9.17) is 11.6 Å². The molecule has 1 heterocycles. The van der Waals surface area contributed by atoms with Gasteiger partial charge in [-0.2, -0.15) is 11.8 Å². The fraction of sp³-hybridized carbons (Fsp3) is 0.533. The van der Waals surface area contributed by atoms with Gasteiger partial charge in [-0.05, 0) is 37.3 Å². The van der Waals surface area contributed by atoms with Gasteiger partial charge in [0.2, 0.25) is 0 Å². The number of rotatable bonds is 6. The predicted molar refractivity (Wildman–Crippen MR) is 93.8 cm³/mol. The summed E-state index contributed by atoms with van der Waals surface area (Å²) in [5.41, 5.74) is 2.18. The van der Waals surface area contributed by atoms with E-state index in [-0.39, 0.29) is 4.75 Å². The van der Waals surface area contributed by atoms with Crippen molar-refractivity contribution in [2.45, 2.75) is 43.9 Å². The van der Waals surface area contributed by atoms with Crippen molar-refractivity contribution in [1.82, 2.24) is 9.55 Å². The Hall–Kier alpha value is -0.190. The van der Waals surface area contributed by atoms with Crippen molar-refractivity contribution in [2.75, 3.05) is 6.26 Å². The first-order valence-electron chi connectivity index (χ1n) is 6.85. The summed E-state index contributed by atoms with van der Waals surface area (Å²) in [5, 5.41) is 0. The Bertz CT molecular complexity index is 585. The molecule has 0 aliphatic heterocycles. The number of fused-ring (bicyclic) bond motifs is 1. The molecule has 0 amide bonds. The second-order valence-corrected chi connectivity index (χ2v) is 7.43. The summed E-state index contributed by atoms with van der Waals surface area (Å²) in [7, 11) is 0. The fourth-order valence-corrected chi connectivity index (χ4v) is 3.93. The third kappa shape index (κ3) is 3.02. The van der Waals surface area contributed by atoms with Crippen molar-refractivity contribution >= 4 is 50.3 Å². The van der Waals surface area contributed by atoms with E-state index in [1.54, 1.807) is 0 Å². The summed E-state index contributed by atoms with van der Waals surface area (Å²) in [5.74, 6) is 1.41. The van der Waals surface area contributed by atoms with E-state index in [1.807, 2.05) is 23.9 Å². The van der Waals surface area contributed by atoms with E-state index >= 15 is 0 Å². The van der Waals surface area contributed by atoms with E-state index in [0.717, 1.165) is 40.7 Å². The monoisotopic (exact) mass is 374 g/mol. The summed E-state index contributed by atoms with van der Waals surface area (Å²) < 4.78 is 3.61. The van der Waals surface area contributed by atoms with Crippen LogP contribution in [0.4, 0.5) is 0 Å². The highest BCUT2D eigenvalue weighted by atomic mass is 79.9. The van der Waals surface area contributed by atoms with Gasteiger partial charge < -0.3 is 4.57 Å². The number of alkyl halides is 1. The SMILES string of the molecule is CCC(CC)(Cn1c(CCl)nc2ccc(Br)cc21)SC. The Morgan fingerprint density at radius 2 is 2.05 bits per heavy atom. The van der Waals surface area contributed by atoms with E-state index in [1.165, 1.54) is 0 Å². The molecule has 0 N–H and O–H groups in total. The lowest BCUT2D eigenvalue weighted by molar-refractivity contribution is 0.466. The Balaban J connectivity index is 2.54. The van der Waals surface area contributed by atoms with Crippen LogP contribution in [0.3, 0.4) is 0 Å². The summed E-state index contributed by atoms with van der Waals surface area (Å²) in [6.45, 7) is 5.47. The van der Waals surface area contributed by atoms with Crippen molar-refractivity contribution in [1.29, 1.82) is 0 Å². The van der Waals surface area contributed by atoms with Crippen LogP contribution in [0.15, 0.2) is 22.7 Å². The van der Waals surface area contributed by atoms with Crippen LogP contribution in [0.5, 0.6) is 0 Å². The van der Waals surface area contributed by atoms with Crippen molar-refractivity contribution in [3.63, 3.8) is 0 Å². The molecular weight excluding hydrogens is 356 g/mol. The van der Waals surface area contributed by atoms with E-state index in [9.17, 15) is 0 Å². The highest BCUT2D eigenvalue weighted by molar-refractivity contribution is 9.10. The molecule has 0 fully saturated rings. The third-order valence-electron chi connectivity index (χ3n) is 4.08. The summed E-state index contributed by atoms with van der Waals surface area (Å²) in [6, 6.07) is 6.21. The molecular formula is C15H20BrClN2S. The van der Waals surface area contributed by atoms with Crippen LogP contribution in [0.2, 0.25) is 0 Å². The second-order valence-electron chi connectivity index (χ2n) is 4.98. The summed E-state index contributed by atoms with van der Waals surface area (Å²) >= 11 is 11.6. The first-order chi connectivity index (χ1) is 9.59. The number of aromatic nitrogens is 2. The molecule has 0 saturated heterocycles. The first kappa shape index (κ1) is 16.2. The number of hydrogen-bond acceptors (Lipinski definition) is 2. The quantitative estimate of drug-likeness (QED) is 0.624. The van der Waals surface area contributed by atoms with Gasteiger partial charge in [-0.15, -0.1) is 11.6 Å². The van der Waals surface area contributed by atoms with E-state index in [2.05, 4.69) is 51.7 Å². The topological polar surface area (TPSA) is 17.8 Å². The van der Waals surface area contributed by atoms with Gasteiger partial charge in [0, 0.05) is 15.8 Å². The lowest BCUT2D eigenvalue weighted by Crippen LogP contribution is -2.29. The number of thioether (sulfide) groups is 1. The molecule has 5 heteroatoms.